The van der Waals surface area contributed by atoms with E-state index in [-0.39, 0.29) is 16.8 Å². The van der Waals surface area contributed by atoms with Gasteiger partial charge in [0.1, 0.15) is 22.3 Å². The van der Waals surface area contributed by atoms with E-state index < -0.39 is 56.0 Å². The predicted octanol–water partition coefficient (Wildman–Crippen LogP) is 5.45. The van der Waals surface area contributed by atoms with Gasteiger partial charge in [-0.05, 0) is 36.8 Å². The zero-order valence-corrected chi connectivity index (χ0v) is 17.3. The number of hydrogen-bond donors (Lipinski definition) is 0. The summed E-state index contributed by atoms with van der Waals surface area (Å²) < 4.78 is 133. The Morgan fingerprint density at radius 1 is 0.939 bits per heavy atom. The summed E-state index contributed by atoms with van der Waals surface area (Å²) >= 11 is 0. The minimum Gasteiger partial charge on any atom is -0.406 e. The van der Waals surface area contributed by atoms with Crippen LogP contribution in [0.2, 0.25) is 0 Å². The van der Waals surface area contributed by atoms with Crippen molar-refractivity contribution in [3.05, 3.63) is 59.3 Å². The largest absolute Gasteiger partial charge is 0.573 e. The Kier molecular flexibility index (Phi) is 5.94. The molecule has 0 aliphatic heterocycles. The highest BCUT2D eigenvalue weighted by molar-refractivity contribution is 7.90. The van der Waals surface area contributed by atoms with E-state index in [2.05, 4.69) is 9.84 Å². The molecule has 0 N–H and O–H groups in total. The van der Waals surface area contributed by atoms with E-state index in [1.165, 1.54) is 6.92 Å². The van der Waals surface area contributed by atoms with Crippen molar-refractivity contribution in [3.8, 4) is 22.7 Å². The Morgan fingerprint density at radius 3 is 1.97 bits per heavy atom. The van der Waals surface area contributed by atoms with E-state index >= 15 is 0 Å². The molecule has 0 spiro atoms. The van der Waals surface area contributed by atoms with Crippen LogP contribution in [0, 0.1) is 18.6 Å². The lowest BCUT2D eigenvalue weighted by Gasteiger charge is -2.14. The molecule has 1 aromatic heterocycles. The Labute approximate surface area is 181 Å². The summed E-state index contributed by atoms with van der Waals surface area (Å²) in [4.78, 5) is -1.28. The molecule has 1 heterocycles. The van der Waals surface area contributed by atoms with Crippen LogP contribution in [0.1, 0.15) is 11.3 Å². The minimum atomic E-state index is -5.01. The molecule has 178 valence electrons. The number of sulfone groups is 1. The van der Waals surface area contributed by atoms with E-state index in [0.29, 0.717) is 29.1 Å². The minimum absolute atomic E-state index is 0.0852. The fourth-order valence-corrected chi connectivity index (χ4v) is 3.82. The maximum absolute atomic E-state index is 14.3. The van der Waals surface area contributed by atoms with Gasteiger partial charge in [0.2, 0.25) is 0 Å². The molecule has 0 unspecified atom stereocenters. The standard InChI is InChI=1S/C19H12F8N2O3S/c1-9-5-10(3-4-15(9)32-19(25,26)27)14-8-16(18(22,23)24)28-29(14)11-6-12(20)17(13(21)7-11)33(2,30)31/h3-8H,1-2H3. The molecule has 0 saturated carbocycles. The van der Waals surface area contributed by atoms with Crippen molar-refractivity contribution >= 4 is 9.84 Å². The molecule has 0 amide bonds. The van der Waals surface area contributed by atoms with Gasteiger partial charge in [0.25, 0.3) is 0 Å². The molecule has 3 aromatic rings. The summed E-state index contributed by atoms with van der Waals surface area (Å²) in [7, 11) is -4.33. The van der Waals surface area contributed by atoms with Crippen LogP contribution in [-0.2, 0) is 16.0 Å². The van der Waals surface area contributed by atoms with Gasteiger partial charge >= 0.3 is 12.5 Å². The fraction of sp³-hybridized carbons (Fsp3) is 0.211. The van der Waals surface area contributed by atoms with Crippen LogP contribution in [0.25, 0.3) is 16.9 Å². The van der Waals surface area contributed by atoms with Gasteiger partial charge in [-0.3, -0.25) is 0 Å². The zero-order chi connectivity index (χ0) is 24.9. The molecule has 14 heteroatoms. The van der Waals surface area contributed by atoms with Crippen molar-refractivity contribution in [1.29, 1.82) is 0 Å². The first-order valence-corrected chi connectivity index (χ1v) is 10.6. The molecule has 0 aliphatic carbocycles. The van der Waals surface area contributed by atoms with Crippen molar-refractivity contribution in [3.63, 3.8) is 0 Å². The summed E-state index contributed by atoms with van der Waals surface area (Å²) in [6, 6.07) is 4.40. The highest BCUT2D eigenvalue weighted by atomic mass is 32.2. The molecule has 2 aromatic carbocycles. The maximum Gasteiger partial charge on any atom is 0.573 e. The van der Waals surface area contributed by atoms with Gasteiger partial charge < -0.3 is 4.74 Å². The first-order chi connectivity index (χ1) is 15.0. The summed E-state index contributed by atoms with van der Waals surface area (Å²) in [5, 5.41) is 3.31. The van der Waals surface area contributed by atoms with Gasteiger partial charge in [-0.1, -0.05) is 0 Å². The molecule has 0 aliphatic rings. The molecular weight excluding hydrogens is 488 g/mol. The van der Waals surface area contributed by atoms with Gasteiger partial charge in [0.15, 0.2) is 15.5 Å². The average molecular weight is 500 g/mol. The Bertz CT molecular complexity index is 1300. The highest BCUT2D eigenvalue weighted by Crippen LogP contribution is 2.36. The number of aromatic nitrogens is 2. The summed E-state index contributed by atoms with van der Waals surface area (Å²) in [5.41, 5.74) is -2.61. The molecule has 0 radical (unpaired) electrons. The SMILES string of the molecule is Cc1cc(-c2cc(C(F)(F)F)nn2-c2cc(F)c(S(C)(=O)=O)c(F)c2)ccc1OC(F)(F)F. The van der Waals surface area contributed by atoms with Crippen LogP contribution < -0.4 is 4.74 Å². The first kappa shape index (κ1) is 24.5. The van der Waals surface area contributed by atoms with E-state index in [9.17, 15) is 43.5 Å². The number of rotatable bonds is 4. The monoisotopic (exact) mass is 500 g/mol. The number of benzene rings is 2. The van der Waals surface area contributed by atoms with E-state index in [4.69, 9.17) is 0 Å². The maximum atomic E-state index is 14.3. The topological polar surface area (TPSA) is 61.2 Å². The smallest absolute Gasteiger partial charge is 0.406 e. The van der Waals surface area contributed by atoms with E-state index in [0.717, 1.165) is 18.2 Å². The molecule has 33 heavy (non-hydrogen) atoms. The normalized spacial score (nSPS) is 12.8. The predicted molar refractivity (Wildman–Crippen MR) is 98.4 cm³/mol. The lowest BCUT2D eigenvalue weighted by Crippen LogP contribution is -2.17. The quantitative estimate of drug-likeness (QED) is 0.448. The van der Waals surface area contributed by atoms with Crippen LogP contribution in [0.5, 0.6) is 5.75 Å². The van der Waals surface area contributed by atoms with Crippen molar-refractivity contribution in [1.82, 2.24) is 9.78 Å². The second-order valence-corrected chi connectivity index (χ2v) is 8.82. The Hall–Kier alpha value is -3.16. The van der Waals surface area contributed by atoms with Crippen LogP contribution in [0.3, 0.4) is 0 Å². The number of halogens is 8. The number of alkyl halides is 6. The van der Waals surface area contributed by atoms with Gasteiger partial charge in [0, 0.05) is 24.0 Å². The first-order valence-electron chi connectivity index (χ1n) is 8.71. The Balaban J connectivity index is 2.22. The van der Waals surface area contributed by atoms with Crippen LogP contribution in [-0.4, -0.2) is 30.8 Å². The highest BCUT2D eigenvalue weighted by Gasteiger charge is 2.36. The second-order valence-electron chi connectivity index (χ2n) is 6.86. The number of ether oxygens (including phenoxy) is 1. The second kappa shape index (κ2) is 8.01. The van der Waals surface area contributed by atoms with Crippen LogP contribution in [0.15, 0.2) is 41.3 Å². The number of nitrogens with zero attached hydrogens (tertiary/aromatic N) is 2. The fourth-order valence-electron chi connectivity index (χ4n) is 2.99. The Morgan fingerprint density at radius 2 is 1.52 bits per heavy atom. The molecular formula is C19H12F8N2O3S. The van der Waals surface area contributed by atoms with Gasteiger partial charge in [-0.15, -0.1) is 13.2 Å². The molecule has 5 nitrogen and oxygen atoms in total. The molecule has 0 atom stereocenters. The third-order valence-corrected chi connectivity index (χ3v) is 5.43. The summed E-state index contributed by atoms with van der Waals surface area (Å²) in [5.74, 6) is -3.73. The van der Waals surface area contributed by atoms with Gasteiger partial charge in [-0.25, -0.2) is 21.9 Å². The number of aryl methyl sites for hydroxylation is 1. The number of hydrogen-bond acceptors (Lipinski definition) is 4. The third kappa shape index (κ3) is 5.26. The third-order valence-electron chi connectivity index (χ3n) is 4.29. The van der Waals surface area contributed by atoms with Crippen molar-refractivity contribution in [2.24, 2.45) is 0 Å². The molecule has 3 rings (SSSR count). The average Bonchev–Trinajstić information content (AvgIpc) is 3.06. The lowest BCUT2D eigenvalue weighted by atomic mass is 10.1. The van der Waals surface area contributed by atoms with Crippen LogP contribution >= 0.6 is 0 Å². The van der Waals surface area contributed by atoms with Gasteiger partial charge in [-0.2, -0.15) is 18.3 Å². The molecule has 0 bridgehead atoms. The van der Waals surface area contributed by atoms with Crippen molar-refractivity contribution in [2.45, 2.75) is 24.4 Å². The molecule has 0 fully saturated rings. The van der Waals surface area contributed by atoms with Gasteiger partial charge in [0.05, 0.1) is 11.4 Å². The van der Waals surface area contributed by atoms with E-state index in [1.54, 1.807) is 0 Å². The summed E-state index contributed by atoms with van der Waals surface area (Å²) in [6.45, 7) is 1.20. The van der Waals surface area contributed by atoms with Crippen molar-refractivity contribution in [2.75, 3.05) is 6.26 Å². The van der Waals surface area contributed by atoms with E-state index in [1.807, 2.05) is 0 Å². The zero-order valence-electron chi connectivity index (χ0n) is 16.5. The summed E-state index contributed by atoms with van der Waals surface area (Å²) in [6.07, 6.45) is -9.44. The molecule has 0 saturated heterocycles. The lowest BCUT2D eigenvalue weighted by molar-refractivity contribution is -0.274. The van der Waals surface area contributed by atoms with Crippen molar-refractivity contribution < 1.29 is 48.3 Å². The van der Waals surface area contributed by atoms with Crippen LogP contribution in [0.4, 0.5) is 35.1 Å².